The van der Waals surface area contributed by atoms with Crippen molar-refractivity contribution in [3.05, 3.63) is 29.8 Å². The molecule has 0 amide bonds. The minimum absolute atomic E-state index is 0.108. The minimum Gasteiger partial charge on any atom is -0.497 e. The van der Waals surface area contributed by atoms with E-state index < -0.39 is 5.97 Å². The van der Waals surface area contributed by atoms with Gasteiger partial charge in [0.15, 0.2) is 0 Å². The molecule has 1 fully saturated rings. The molecule has 1 aliphatic rings. The lowest BCUT2D eigenvalue weighted by Gasteiger charge is -2.12. The molecular formula is C14H18O3. The largest absolute Gasteiger partial charge is 0.497 e. The van der Waals surface area contributed by atoms with Crippen LogP contribution in [0.15, 0.2) is 24.3 Å². The Labute approximate surface area is 101 Å². The van der Waals surface area contributed by atoms with Crippen LogP contribution in [0.3, 0.4) is 0 Å². The maximum Gasteiger partial charge on any atom is 0.306 e. The molecule has 1 saturated carbocycles. The third-order valence-electron chi connectivity index (χ3n) is 3.56. The van der Waals surface area contributed by atoms with E-state index in [9.17, 15) is 4.79 Å². The van der Waals surface area contributed by atoms with Crippen molar-refractivity contribution in [3.63, 3.8) is 0 Å². The first-order valence-corrected chi connectivity index (χ1v) is 5.98. The minimum atomic E-state index is -0.646. The summed E-state index contributed by atoms with van der Waals surface area (Å²) in [4.78, 5) is 10.8. The highest BCUT2D eigenvalue weighted by atomic mass is 16.5. The molecule has 0 saturated heterocycles. The number of carboxylic acids is 1. The van der Waals surface area contributed by atoms with E-state index in [-0.39, 0.29) is 5.92 Å². The molecule has 1 aliphatic carbocycles. The molecule has 0 aromatic heterocycles. The summed E-state index contributed by atoms with van der Waals surface area (Å²) in [6.07, 6.45) is 1.79. The van der Waals surface area contributed by atoms with Gasteiger partial charge in [0.05, 0.1) is 13.0 Å². The standard InChI is InChI=1S/C14H18O3/c1-9(6-11-8-13(11)14(15)16)10-4-3-5-12(7-10)17-2/h3-5,7,9,11,13H,6,8H2,1-2H3,(H,15,16). The maximum atomic E-state index is 10.8. The first-order chi connectivity index (χ1) is 8.11. The number of rotatable bonds is 5. The summed E-state index contributed by atoms with van der Waals surface area (Å²) < 4.78 is 5.19. The van der Waals surface area contributed by atoms with Gasteiger partial charge in [-0.25, -0.2) is 0 Å². The van der Waals surface area contributed by atoms with Gasteiger partial charge in [-0.3, -0.25) is 4.79 Å². The average Bonchev–Trinajstić information content (AvgIpc) is 3.08. The quantitative estimate of drug-likeness (QED) is 0.852. The molecule has 0 bridgehead atoms. The zero-order chi connectivity index (χ0) is 12.4. The fourth-order valence-electron chi connectivity index (χ4n) is 2.35. The normalized spacial score (nSPS) is 24.1. The monoisotopic (exact) mass is 234 g/mol. The lowest BCUT2D eigenvalue weighted by molar-refractivity contribution is -0.138. The van der Waals surface area contributed by atoms with Crippen molar-refractivity contribution >= 4 is 5.97 Å². The molecule has 3 atom stereocenters. The van der Waals surface area contributed by atoms with Crippen molar-refractivity contribution in [2.24, 2.45) is 11.8 Å². The van der Waals surface area contributed by atoms with Gasteiger partial charge in [0.2, 0.25) is 0 Å². The second-order valence-corrected chi connectivity index (χ2v) is 4.85. The topological polar surface area (TPSA) is 46.5 Å². The van der Waals surface area contributed by atoms with Crippen molar-refractivity contribution in [2.75, 3.05) is 7.11 Å². The molecule has 0 spiro atoms. The Kier molecular flexibility index (Phi) is 3.36. The highest BCUT2D eigenvalue weighted by Crippen LogP contribution is 2.45. The number of hydrogen-bond acceptors (Lipinski definition) is 2. The first-order valence-electron chi connectivity index (χ1n) is 5.98. The molecule has 1 aromatic carbocycles. The highest BCUT2D eigenvalue weighted by Gasteiger charge is 2.43. The summed E-state index contributed by atoms with van der Waals surface area (Å²) in [6.45, 7) is 2.14. The lowest BCUT2D eigenvalue weighted by atomic mass is 9.94. The second kappa shape index (κ2) is 4.78. The lowest BCUT2D eigenvalue weighted by Crippen LogP contribution is -2.02. The summed E-state index contributed by atoms with van der Waals surface area (Å²) in [6, 6.07) is 8.01. The molecule has 92 valence electrons. The SMILES string of the molecule is COc1cccc(C(C)CC2CC2C(=O)O)c1. The number of ether oxygens (including phenoxy) is 1. The Morgan fingerprint density at radius 2 is 2.35 bits per heavy atom. The van der Waals surface area contributed by atoms with E-state index >= 15 is 0 Å². The van der Waals surface area contributed by atoms with Crippen LogP contribution >= 0.6 is 0 Å². The molecule has 1 N–H and O–H groups in total. The van der Waals surface area contributed by atoms with E-state index in [2.05, 4.69) is 13.0 Å². The van der Waals surface area contributed by atoms with Crippen LogP contribution in [0.4, 0.5) is 0 Å². The fraction of sp³-hybridized carbons (Fsp3) is 0.500. The summed E-state index contributed by atoms with van der Waals surface area (Å²) in [5.74, 6) is 0.851. The van der Waals surface area contributed by atoms with Gasteiger partial charge >= 0.3 is 5.97 Å². The molecule has 3 nitrogen and oxygen atoms in total. The van der Waals surface area contributed by atoms with E-state index in [1.807, 2.05) is 18.2 Å². The van der Waals surface area contributed by atoms with Gasteiger partial charge in [-0.2, -0.15) is 0 Å². The van der Waals surface area contributed by atoms with Crippen LogP contribution in [0.2, 0.25) is 0 Å². The Hall–Kier alpha value is -1.51. The van der Waals surface area contributed by atoms with E-state index in [1.54, 1.807) is 7.11 Å². The molecule has 1 aromatic rings. The van der Waals surface area contributed by atoms with Crippen molar-refractivity contribution in [2.45, 2.75) is 25.7 Å². The average molecular weight is 234 g/mol. The molecule has 0 radical (unpaired) electrons. The van der Waals surface area contributed by atoms with Crippen LogP contribution in [-0.4, -0.2) is 18.2 Å². The second-order valence-electron chi connectivity index (χ2n) is 4.85. The van der Waals surface area contributed by atoms with Crippen LogP contribution in [-0.2, 0) is 4.79 Å². The van der Waals surface area contributed by atoms with Crippen molar-refractivity contribution in [1.29, 1.82) is 0 Å². The number of aliphatic carboxylic acids is 1. The zero-order valence-electron chi connectivity index (χ0n) is 10.2. The highest BCUT2D eigenvalue weighted by molar-refractivity contribution is 5.73. The molecule has 2 rings (SSSR count). The van der Waals surface area contributed by atoms with Crippen molar-refractivity contribution in [1.82, 2.24) is 0 Å². The predicted molar refractivity (Wildman–Crippen MR) is 65.3 cm³/mol. The summed E-state index contributed by atoms with van der Waals surface area (Å²) in [7, 11) is 1.66. The molecule has 3 unspecified atom stereocenters. The summed E-state index contributed by atoms with van der Waals surface area (Å²) in [5, 5.41) is 8.87. The molecular weight excluding hydrogens is 216 g/mol. The molecule has 17 heavy (non-hydrogen) atoms. The van der Waals surface area contributed by atoms with E-state index in [1.165, 1.54) is 5.56 Å². The van der Waals surface area contributed by atoms with Crippen LogP contribution < -0.4 is 4.74 Å². The summed E-state index contributed by atoms with van der Waals surface area (Å²) in [5.41, 5.74) is 1.22. The molecule has 0 aliphatic heterocycles. The fourth-order valence-corrected chi connectivity index (χ4v) is 2.35. The Morgan fingerprint density at radius 3 is 2.94 bits per heavy atom. The third kappa shape index (κ3) is 2.78. The van der Waals surface area contributed by atoms with Crippen LogP contribution in [0.1, 0.15) is 31.2 Å². The third-order valence-corrected chi connectivity index (χ3v) is 3.56. The number of hydrogen-bond donors (Lipinski definition) is 1. The van der Waals surface area contributed by atoms with Gasteiger partial charge in [0.1, 0.15) is 5.75 Å². The number of carboxylic acid groups (broad SMARTS) is 1. The Bertz CT molecular complexity index is 414. The Morgan fingerprint density at radius 1 is 1.59 bits per heavy atom. The molecule has 0 heterocycles. The van der Waals surface area contributed by atoms with Gasteiger partial charge < -0.3 is 9.84 Å². The first kappa shape index (κ1) is 12.0. The number of carbonyl (C=O) groups is 1. The van der Waals surface area contributed by atoms with E-state index in [0.717, 1.165) is 18.6 Å². The predicted octanol–water partition coefficient (Wildman–Crippen LogP) is 2.91. The van der Waals surface area contributed by atoms with Crippen LogP contribution in [0.5, 0.6) is 5.75 Å². The van der Waals surface area contributed by atoms with Gasteiger partial charge in [-0.15, -0.1) is 0 Å². The van der Waals surface area contributed by atoms with Gasteiger partial charge in [0.25, 0.3) is 0 Å². The van der Waals surface area contributed by atoms with Crippen molar-refractivity contribution < 1.29 is 14.6 Å². The van der Waals surface area contributed by atoms with Crippen LogP contribution in [0.25, 0.3) is 0 Å². The van der Waals surface area contributed by atoms with E-state index in [0.29, 0.717) is 11.8 Å². The smallest absolute Gasteiger partial charge is 0.306 e. The summed E-state index contributed by atoms with van der Waals surface area (Å²) >= 11 is 0. The number of benzene rings is 1. The molecule has 3 heteroatoms. The van der Waals surface area contributed by atoms with Crippen molar-refractivity contribution in [3.8, 4) is 5.75 Å². The maximum absolute atomic E-state index is 10.8. The number of methoxy groups -OCH3 is 1. The van der Waals surface area contributed by atoms with Crippen LogP contribution in [0, 0.1) is 11.8 Å². The zero-order valence-corrected chi connectivity index (χ0v) is 10.2. The van der Waals surface area contributed by atoms with Gasteiger partial charge in [-0.05, 0) is 42.4 Å². The van der Waals surface area contributed by atoms with E-state index in [4.69, 9.17) is 9.84 Å². The Balaban J connectivity index is 1.96. The van der Waals surface area contributed by atoms with Gasteiger partial charge in [-0.1, -0.05) is 19.1 Å². The van der Waals surface area contributed by atoms with Gasteiger partial charge in [0, 0.05) is 0 Å².